The molecule has 1 unspecified atom stereocenters. The molecule has 3 rings (SSSR count). The fraction of sp³-hybridized carbons (Fsp3) is 0.263. The number of hydrogen-bond donors (Lipinski definition) is 1. The normalized spacial score (nSPS) is 17.1. The van der Waals surface area contributed by atoms with Crippen LogP contribution in [0.4, 0.5) is 5.69 Å². The first-order valence-electron chi connectivity index (χ1n) is 7.86. The van der Waals surface area contributed by atoms with Gasteiger partial charge in [0.2, 0.25) is 5.91 Å². The van der Waals surface area contributed by atoms with Gasteiger partial charge in [0.25, 0.3) is 0 Å². The molecule has 1 aliphatic heterocycles. The maximum atomic E-state index is 12.2. The highest BCUT2D eigenvalue weighted by atomic mass is 16.5. The summed E-state index contributed by atoms with van der Waals surface area (Å²) in [6, 6.07) is 14.2. The van der Waals surface area contributed by atoms with Crippen molar-refractivity contribution in [3.8, 4) is 5.75 Å². The lowest BCUT2D eigenvalue weighted by molar-refractivity contribution is -0.117. The van der Waals surface area contributed by atoms with Gasteiger partial charge in [-0.05, 0) is 43.3 Å². The number of carboxylic acids is 1. The standard InChI is InChI=1S/C19H19NO4/c1-13-2-6-16(7-3-13)20-11-14(10-18(20)21)12-24-17-8-4-15(5-9-17)19(22)23/h2-9,14H,10-12H2,1H3,(H,22,23). The highest BCUT2D eigenvalue weighted by Gasteiger charge is 2.31. The Balaban J connectivity index is 1.58. The summed E-state index contributed by atoms with van der Waals surface area (Å²) in [7, 11) is 0. The Morgan fingerprint density at radius 2 is 1.83 bits per heavy atom. The molecule has 5 nitrogen and oxygen atoms in total. The summed E-state index contributed by atoms with van der Waals surface area (Å²) >= 11 is 0. The van der Waals surface area contributed by atoms with Crippen LogP contribution in [-0.2, 0) is 4.79 Å². The van der Waals surface area contributed by atoms with Crippen molar-refractivity contribution in [1.29, 1.82) is 0 Å². The van der Waals surface area contributed by atoms with Gasteiger partial charge in [0.15, 0.2) is 0 Å². The Morgan fingerprint density at radius 3 is 2.46 bits per heavy atom. The topological polar surface area (TPSA) is 66.8 Å². The Hall–Kier alpha value is -2.82. The van der Waals surface area contributed by atoms with Gasteiger partial charge in [-0.25, -0.2) is 4.79 Å². The lowest BCUT2D eigenvalue weighted by atomic mass is 10.1. The molecule has 124 valence electrons. The van der Waals surface area contributed by atoms with Crippen molar-refractivity contribution in [3.05, 3.63) is 59.7 Å². The first-order chi connectivity index (χ1) is 11.5. The zero-order valence-corrected chi connectivity index (χ0v) is 13.4. The second-order valence-corrected chi connectivity index (χ2v) is 6.05. The van der Waals surface area contributed by atoms with Crippen molar-refractivity contribution in [2.24, 2.45) is 5.92 Å². The third-order valence-corrected chi connectivity index (χ3v) is 4.14. The molecular weight excluding hydrogens is 306 g/mol. The van der Waals surface area contributed by atoms with Crippen LogP contribution in [0, 0.1) is 12.8 Å². The number of aromatic carboxylic acids is 1. The van der Waals surface area contributed by atoms with Crippen molar-refractivity contribution in [2.45, 2.75) is 13.3 Å². The lowest BCUT2D eigenvalue weighted by Gasteiger charge is -2.17. The average Bonchev–Trinajstić information content (AvgIpc) is 2.95. The smallest absolute Gasteiger partial charge is 0.335 e. The Morgan fingerprint density at radius 1 is 1.17 bits per heavy atom. The summed E-state index contributed by atoms with van der Waals surface area (Å²) in [5.41, 5.74) is 2.30. The van der Waals surface area contributed by atoms with Crippen LogP contribution >= 0.6 is 0 Å². The number of anilines is 1. The van der Waals surface area contributed by atoms with Crippen molar-refractivity contribution in [2.75, 3.05) is 18.1 Å². The molecule has 0 bridgehead atoms. The van der Waals surface area contributed by atoms with E-state index in [0.717, 1.165) is 11.3 Å². The third kappa shape index (κ3) is 3.56. The van der Waals surface area contributed by atoms with Gasteiger partial charge >= 0.3 is 5.97 Å². The van der Waals surface area contributed by atoms with E-state index < -0.39 is 5.97 Å². The summed E-state index contributed by atoms with van der Waals surface area (Å²) in [5, 5.41) is 8.88. The Labute approximate surface area is 140 Å². The summed E-state index contributed by atoms with van der Waals surface area (Å²) in [6.45, 7) is 3.08. The van der Waals surface area contributed by atoms with E-state index in [1.165, 1.54) is 12.1 Å². The molecule has 1 saturated heterocycles. The molecule has 0 radical (unpaired) electrons. The highest BCUT2D eigenvalue weighted by Crippen LogP contribution is 2.26. The van der Waals surface area contributed by atoms with Gasteiger partial charge in [0.05, 0.1) is 12.2 Å². The maximum Gasteiger partial charge on any atom is 0.335 e. The molecule has 2 aromatic rings. The first kappa shape index (κ1) is 16.1. The van der Waals surface area contributed by atoms with Crippen LogP contribution in [0.1, 0.15) is 22.3 Å². The number of carbonyl (C=O) groups is 2. The molecule has 5 heteroatoms. The minimum Gasteiger partial charge on any atom is -0.493 e. The number of benzene rings is 2. The first-order valence-corrected chi connectivity index (χ1v) is 7.86. The second-order valence-electron chi connectivity index (χ2n) is 6.05. The predicted molar refractivity (Wildman–Crippen MR) is 90.5 cm³/mol. The minimum atomic E-state index is -0.961. The van der Waals surface area contributed by atoms with Crippen LogP contribution in [-0.4, -0.2) is 30.1 Å². The van der Waals surface area contributed by atoms with Gasteiger partial charge in [-0.2, -0.15) is 0 Å². The monoisotopic (exact) mass is 325 g/mol. The number of ether oxygens (including phenoxy) is 1. The third-order valence-electron chi connectivity index (χ3n) is 4.14. The number of amides is 1. The summed E-state index contributed by atoms with van der Waals surface area (Å²) in [5.74, 6) is -0.121. The van der Waals surface area contributed by atoms with Crippen molar-refractivity contribution in [3.63, 3.8) is 0 Å². The number of aryl methyl sites for hydroxylation is 1. The molecule has 1 heterocycles. The number of hydrogen-bond acceptors (Lipinski definition) is 3. The number of carboxylic acid groups (broad SMARTS) is 1. The van der Waals surface area contributed by atoms with Crippen LogP contribution in [0.5, 0.6) is 5.75 Å². The fourth-order valence-corrected chi connectivity index (χ4v) is 2.78. The highest BCUT2D eigenvalue weighted by molar-refractivity contribution is 5.95. The van der Waals surface area contributed by atoms with E-state index in [2.05, 4.69) is 0 Å². The van der Waals surface area contributed by atoms with Gasteiger partial charge in [0.1, 0.15) is 5.75 Å². The van der Waals surface area contributed by atoms with E-state index in [4.69, 9.17) is 9.84 Å². The molecule has 1 N–H and O–H groups in total. The van der Waals surface area contributed by atoms with E-state index in [1.54, 1.807) is 17.0 Å². The molecule has 1 amide bonds. The SMILES string of the molecule is Cc1ccc(N2CC(COc3ccc(C(=O)O)cc3)CC2=O)cc1. The molecule has 1 atom stereocenters. The van der Waals surface area contributed by atoms with Crippen molar-refractivity contribution in [1.82, 2.24) is 0 Å². The van der Waals surface area contributed by atoms with Gasteiger partial charge in [0, 0.05) is 24.6 Å². The van der Waals surface area contributed by atoms with E-state index in [9.17, 15) is 9.59 Å². The quantitative estimate of drug-likeness (QED) is 0.917. The van der Waals surface area contributed by atoms with Crippen LogP contribution in [0.25, 0.3) is 0 Å². The fourth-order valence-electron chi connectivity index (χ4n) is 2.78. The zero-order chi connectivity index (χ0) is 17.1. The van der Waals surface area contributed by atoms with E-state index in [1.807, 2.05) is 31.2 Å². The zero-order valence-electron chi connectivity index (χ0n) is 13.4. The van der Waals surface area contributed by atoms with E-state index in [-0.39, 0.29) is 17.4 Å². The Kier molecular flexibility index (Phi) is 4.51. The Bertz CT molecular complexity index is 737. The molecule has 1 aliphatic rings. The maximum absolute atomic E-state index is 12.2. The van der Waals surface area contributed by atoms with Gasteiger partial charge < -0.3 is 14.7 Å². The number of nitrogens with zero attached hydrogens (tertiary/aromatic N) is 1. The molecule has 24 heavy (non-hydrogen) atoms. The van der Waals surface area contributed by atoms with Crippen LogP contribution in [0.15, 0.2) is 48.5 Å². The van der Waals surface area contributed by atoms with Crippen molar-refractivity contribution < 1.29 is 19.4 Å². The lowest BCUT2D eigenvalue weighted by Crippen LogP contribution is -2.25. The van der Waals surface area contributed by atoms with E-state index >= 15 is 0 Å². The van der Waals surface area contributed by atoms with Crippen molar-refractivity contribution >= 4 is 17.6 Å². The summed E-state index contributed by atoms with van der Waals surface area (Å²) in [6.07, 6.45) is 0.459. The van der Waals surface area contributed by atoms with E-state index in [0.29, 0.717) is 25.3 Å². The summed E-state index contributed by atoms with van der Waals surface area (Å²) < 4.78 is 5.70. The number of rotatable bonds is 5. The molecule has 0 spiro atoms. The average molecular weight is 325 g/mol. The largest absolute Gasteiger partial charge is 0.493 e. The molecule has 1 fully saturated rings. The second kappa shape index (κ2) is 6.74. The van der Waals surface area contributed by atoms with Gasteiger partial charge in [-0.15, -0.1) is 0 Å². The molecule has 0 aliphatic carbocycles. The van der Waals surface area contributed by atoms with Crippen LogP contribution in [0.3, 0.4) is 0 Å². The van der Waals surface area contributed by atoms with Crippen LogP contribution < -0.4 is 9.64 Å². The molecule has 2 aromatic carbocycles. The van der Waals surface area contributed by atoms with Crippen LogP contribution in [0.2, 0.25) is 0 Å². The minimum absolute atomic E-state index is 0.105. The summed E-state index contributed by atoms with van der Waals surface area (Å²) in [4.78, 5) is 24.8. The number of carbonyl (C=O) groups excluding carboxylic acids is 1. The van der Waals surface area contributed by atoms with Gasteiger partial charge in [-0.1, -0.05) is 17.7 Å². The molecule has 0 aromatic heterocycles. The molecular formula is C19H19NO4. The molecule has 0 saturated carbocycles. The van der Waals surface area contributed by atoms with Gasteiger partial charge in [-0.3, -0.25) is 4.79 Å². The predicted octanol–water partition coefficient (Wildman–Crippen LogP) is 3.13.